The molecule has 0 heterocycles. The fourth-order valence-corrected chi connectivity index (χ4v) is 2.05. The molecule has 0 aliphatic carbocycles. The Labute approximate surface area is 128 Å². The van der Waals surface area contributed by atoms with E-state index in [1.165, 1.54) is 7.11 Å². The summed E-state index contributed by atoms with van der Waals surface area (Å²) in [5.74, 6) is -1.18. The molecule has 1 unspecified atom stereocenters. The van der Waals surface area contributed by atoms with E-state index in [-0.39, 0.29) is 11.1 Å². The number of hydrogen-bond acceptors (Lipinski definition) is 3. The minimum absolute atomic E-state index is 0.185. The molecule has 0 saturated heterocycles. The Morgan fingerprint density at radius 2 is 2.00 bits per heavy atom. The summed E-state index contributed by atoms with van der Waals surface area (Å²) in [6.07, 6.45) is 0.672. The van der Waals surface area contributed by atoms with Crippen LogP contribution in [0, 0.1) is 0 Å². The van der Waals surface area contributed by atoms with E-state index in [0.717, 1.165) is 0 Å². The summed E-state index contributed by atoms with van der Waals surface area (Å²) in [5, 5.41) is 14.6. The van der Waals surface area contributed by atoms with Crippen molar-refractivity contribution in [3.8, 4) is 0 Å². The number of carboxylic acids is 1. The van der Waals surface area contributed by atoms with Crippen LogP contribution in [0.15, 0.2) is 24.3 Å². The zero-order chi connectivity index (χ0) is 15.8. The number of rotatable bonds is 7. The molecule has 116 valence electrons. The van der Waals surface area contributed by atoms with Gasteiger partial charge >= 0.3 is 12.0 Å². The third-order valence-corrected chi connectivity index (χ3v) is 3.28. The summed E-state index contributed by atoms with van der Waals surface area (Å²) in [5.41, 5.74) is 0.335. The van der Waals surface area contributed by atoms with E-state index in [1.54, 1.807) is 24.3 Å². The number of nitrogens with one attached hydrogen (secondary N) is 2. The lowest BCUT2D eigenvalue weighted by molar-refractivity contribution is -0.139. The molecule has 1 aromatic rings. The molecule has 0 bridgehead atoms. The standard InChI is InChI=1S/C14H19ClN2O4/c1-3-9(8-21-2)16-14(20)17-12(13(18)19)10-6-4-5-7-11(10)15/h4-7,9,12H,3,8H2,1-2H3,(H,18,19)(H2,16,17,20)/t9?,12-/m1/s1. The first kappa shape index (κ1) is 17.3. The topological polar surface area (TPSA) is 87.7 Å². The summed E-state index contributed by atoms with van der Waals surface area (Å²) in [6, 6.07) is 4.52. The molecule has 21 heavy (non-hydrogen) atoms. The van der Waals surface area contributed by atoms with E-state index in [1.807, 2.05) is 6.92 Å². The Morgan fingerprint density at radius 3 is 2.52 bits per heavy atom. The summed E-state index contributed by atoms with van der Waals surface area (Å²) >= 11 is 5.97. The van der Waals surface area contributed by atoms with Crippen molar-refractivity contribution in [1.82, 2.24) is 10.6 Å². The van der Waals surface area contributed by atoms with Crippen LogP contribution in [0.3, 0.4) is 0 Å². The molecule has 0 aliphatic heterocycles. The minimum atomic E-state index is -1.21. The Balaban J connectivity index is 2.78. The van der Waals surface area contributed by atoms with Crippen molar-refractivity contribution < 1.29 is 19.4 Å². The van der Waals surface area contributed by atoms with Gasteiger partial charge in [0.1, 0.15) is 0 Å². The van der Waals surface area contributed by atoms with Crippen LogP contribution in [0.5, 0.6) is 0 Å². The van der Waals surface area contributed by atoms with Crippen LogP contribution in [0.1, 0.15) is 24.9 Å². The second kappa shape index (κ2) is 8.49. The predicted molar refractivity (Wildman–Crippen MR) is 79.5 cm³/mol. The molecule has 0 radical (unpaired) electrons. The molecule has 1 aromatic carbocycles. The highest BCUT2D eigenvalue weighted by molar-refractivity contribution is 6.31. The highest BCUT2D eigenvalue weighted by Crippen LogP contribution is 2.22. The Hall–Kier alpha value is -1.79. The Bertz CT molecular complexity index is 496. The van der Waals surface area contributed by atoms with Crippen LogP contribution in [0.25, 0.3) is 0 Å². The Morgan fingerprint density at radius 1 is 1.33 bits per heavy atom. The maximum Gasteiger partial charge on any atom is 0.331 e. The van der Waals surface area contributed by atoms with Gasteiger partial charge in [-0.1, -0.05) is 36.7 Å². The van der Waals surface area contributed by atoms with E-state index in [2.05, 4.69) is 10.6 Å². The number of benzene rings is 1. The fourth-order valence-electron chi connectivity index (χ4n) is 1.80. The lowest BCUT2D eigenvalue weighted by atomic mass is 10.1. The molecular formula is C14H19ClN2O4. The normalized spacial score (nSPS) is 13.3. The zero-order valence-electron chi connectivity index (χ0n) is 11.9. The highest BCUT2D eigenvalue weighted by Gasteiger charge is 2.24. The van der Waals surface area contributed by atoms with E-state index < -0.39 is 18.0 Å². The summed E-state index contributed by atoms with van der Waals surface area (Å²) in [7, 11) is 1.53. The monoisotopic (exact) mass is 314 g/mol. The number of carbonyl (C=O) groups is 2. The predicted octanol–water partition coefficient (Wildman–Crippen LogP) is 2.19. The fraction of sp³-hybridized carbons (Fsp3) is 0.429. The van der Waals surface area contributed by atoms with Crippen LogP contribution in [-0.2, 0) is 9.53 Å². The smallest absolute Gasteiger partial charge is 0.331 e. The number of carbonyl (C=O) groups excluding carboxylic acids is 1. The first-order chi connectivity index (χ1) is 9.99. The summed E-state index contributed by atoms with van der Waals surface area (Å²) in [6.45, 7) is 2.25. The maximum absolute atomic E-state index is 11.9. The second-order valence-corrected chi connectivity index (χ2v) is 4.88. The molecule has 0 spiro atoms. The van der Waals surface area contributed by atoms with Gasteiger partial charge in [-0.15, -0.1) is 0 Å². The van der Waals surface area contributed by atoms with Crippen LogP contribution >= 0.6 is 11.6 Å². The summed E-state index contributed by atoms with van der Waals surface area (Å²) in [4.78, 5) is 23.2. The minimum Gasteiger partial charge on any atom is -0.479 e. The lowest BCUT2D eigenvalue weighted by Gasteiger charge is -2.20. The molecule has 2 amide bonds. The molecule has 6 nitrogen and oxygen atoms in total. The summed E-state index contributed by atoms with van der Waals surface area (Å²) < 4.78 is 4.97. The van der Waals surface area contributed by atoms with E-state index >= 15 is 0 Å². The van der Waals surface area contributed by atoms with Gasteiger partial charge in [0.2, 0.25) is 0 Å². The van der Waals surface area contributed by atoms with Crippen molar-refractivity contribution in [1.29, 1.82) is 0 Å². The van der Waals surface area contributed by atoms with Crippen LogP contribution in [-0.4, -0.2) is 36.9 Å². The van der Waals surface area contributed by atoms with Gasteiger partial charge in [0.15, 0.2) is 6.04 Å². The molecule has 1 rings (SSSR count). The van der Waals surface area contributed by atoms with Gasteiger partial charge < -0.3 is 20.5 Å². The third-order valence-electron chi connectivity index (χ3n) is 2.93. The number of ether oxygens (including phenoxy) is 1. The van der Waals surface area contributed by atoms with Crippen molar-refractivity contribution >= 4 is 23.6 Å². The zero-order valence-corrected chi connectivity index (χ0v) is 12.7. The average Bonchev–Trinajstić information content (AvgIpc) is 2.45. The van der Waals surface area contributed by atoms with Crippen molar-refractivity contribution in [2.45, 2.75) is 25.4 Å². The highest BCUT2D eigenvalue weighted by atomic mass is 35.5. The van der Waals surface area contributed by atoms with Gasteiger partial charge in [-0.3, -0.25) is 0 Å². The second-order valence-electron chi connectivity index (χ2n) is 4.47. The van der Waals surface area contributed by atoms with E-state index in [0.29, 0.717) is 18.6 Å². The van der Waals surface area contributed by atoms with E-state index in [9.17, 15) is 14.7 Å². The lowest BCUT2D eigenvalue weighted by Crippen LogP contribution is -2.46. The number of hydrogen-bond donors (Lipinski definition) is 3. The van der Waals surface area contributed by atoms with Crippen LogP contribution < -0.4 is 10.6 Å². The molecule has 0 fully saturated rings. The van der Waals surface area contributed by atoms with E-state index in [4.69, 9.17) is 16.3 Å². The van der Waals surface area contributed by atoms with Crippen molar-refractivity contribution in [3.05, 3.63) is 34.9 Å². The molecule has 2 atom stereocenters. The number of halogens is 1. The SMILES string of the molecule is CCC(COC)NC(=O)N[C@@H](C(=O)O)c1ccccc1Cl. The Kier molecular flexibility index (Phi) is 6.98. The quantitative estimate of drug-likeness (QED) is 0.720. The van der Waals surface area contributed by atoms with Gasteiger partial charge in [0.05, 0.1) is 12.6 Å². The van der Waals surface area contributed by atoms with Gasteiger partial charge in [0, 0.05) is 17.7 Å². The van der Waals surface area contributed by atoms with Gasteiger partial charge in [-0.25, -0.2) is 9.59 Å². The first-order valence-corrected chi connectivity index (χ1v) is 6.90. The van der Waals surface area contributed by atoms with Gasteiger partial charge in [-0.05, 0) is 12.5 Å². The van der Waals surface area contributed by atoms with Crippen LogP contribution in [0.2, 0.25) is 5.02 Å². The third kappa shape index (κ3) is 5.24. The molecule has 3 N–H and O–H groups in total. The number of amides is 2. The van der Waals surface area contributed by atoms with Crippen molar-refractivity contribution in [3.63, 3.8) is 0 Å². The van der Waals surface area contributed by atoms with Crippen molar-refractivity contribution in [2.24, 2.45) is 0 Å². The largest absolute Gasteiger partial charge is 0.479 e. The maximum atomic E-state index is 11.9. The van der Waals surface area contributed by atoms with Crippen LogP contribution in [0.4, 0.5) is 4.79 Å². The molecule has 0 aliphatic rings. The molecule has 7 heteroatoms. The van der Waals surface area contributed by atoms with Gasteiger partial charge in [-0.2, -0.15) is 0 Å². The molecule has 0 aromatic heterocycles. The number of carboxylic acid groups (broad SMARTS) is 1. The number of aliphatic carboxylic acids is 1. The van der Waals surface area contributed by atoms with Gasteiger partial charge in [0.25, 0.3) is 0 Å². The molecule has 0 saturated carbocycles. The molecular weight excluding hydrogens is 296 g/mol. The average molecular weight is 315 g/mol. The number of methoxy groups -OCH3 is 1. The first-order valence-electron chi connectivity index (χ1n) is 6.52. The number of urea groups is 1. The van der Waals surface area contributed by atoms with Crippen molar-refractivity contribution in [2.75, 3.05) is 13.7 Å².